The fourth-order valence-corrected chi connectivity index (χ4v) is 4.02. The Balaban J connectivity index is 2.14. The van der Waals surface area contributed by atoms with Crippen LogP contribution in [0.4, 0.5) is 0 Å². The van der Waals surface area contributed by atoms with Crippen molar-refractivity contribution in [1.82, 2.24) is 0 Å². The second-order valence-corrected chi connectivity index (χ2v) is 7.10. The number of carbonyl (C=O) groups is 3. The van der Waals surface area contributed by atoms with E-state index in [-0.39, 0.29) is 18.1 Å². The topological polar surface area (TPSA) is 91.3 Å². The van der Waals surface area contributed by atoms with Crippen LogP contribution in [0.3, 0.4) is 0 Å². The molecule has 0 fully saturated rings. The average molecular weight is 399 g/mol. The van der Waals surface area contributed by atoms with Crippen molar-refractivity contribution in [3.05, 3.63) is 35.0 Å². The number of allylic oxidation sites excluding steroid dienone is 2. The van der Waals surface area contributed by atoms with Gasteiger partial charge in [0, 0.05) is 36.2 Å². The first kappa shape index (κ1) is 20.8. The molecule has 1 aromatic rings. The van der Waals surface area contributed by atoms with Gasteiger partial charge >= 0.3 is 11.9 Å². The van der Waals surface area contributed by atoms with E-state index in [1.807, 2.05) is 0 Å². The molecule has 1 aromatic carbocycles. The first-order valence-corrected chi connectivity index (χ1v) is 9.71. The Kier molecular flexibility index (Phi) is 6.15. The molecule has 3 rings (SSSR count). The number of Topliss-reactive ketones (excluding diaryl/α,β-unsaturated/α-hetero) is 1. The summed E-state index contributed by atoms with van der Waals surface area (Å²) in [7, 11) is 1.47. The van der Waals surface area contributed by atoms with Gasteiger partial charge in [0.2, 0.25) is 0 Å². The van der Waals surface area contributed by atoms with E-state index in [2.05, 4.69) is 4.99 Å². The van der Waals surface area contributed by atoms with Gasteiger partial charge in [-0.15, -0.1) is 0 Å². The zero-order chi connectivity index (χ0) is 21.1. The van der Waals surface area contributed by atoms with E-state index in [9.17, 15) is 14.4 Å². The molecule has 29 heavy (non-hydrogen) atoms. The fraction of sp³-hybridized carbons (Fsp3) is 0.455. The van der Waals surface area contributed by atoms with Crippen molar-refractivity contribution in [3.8, 4) is 11.5 Å². The molecular weight excluding hydrogens is 374 g/mol. The number of aliphatic imine (C=N–C) groups is 1. The van der Waals surface area contributed by atoms with E-state index in [0.29, 0.717) is 35.4 Å². The summed E-state index contributed by atoms with van der Waals surface area (Å²) in [6.07, 6.45) is 1.88. The molecule has 7 nitrogen and oxygen atoms in total. The Morgan fingerprint density at radius 3 is 2.62 bits per heavy atom. The molecule has 2 aliphatic rings. The number of esters is 2. The van der Waals surface area contributed by atoms with E-state index in [1.54, 1.807) is 32.0 Å². The van der Waals surface area contributed by atoms with Gasteiger partial charge in [-0.1, -0.05) is 6.07 Å². The van der Waals surface area contributed by atoms with Gasteiger partial charge in [-0.25, -0.2) is 0 Å². The standard InChI is InChI=1S/C22H25NO6/c1-5-28-22(26)19-12(2)23-15-7-6-8-16(25)21(15)20(19)14-9-10-17(29-13(3)24)18(11-14)27-4/h9-11,19-20H,5-8H2,1-4H3/t19?,20-/m0/s1. The van der Waals surface area contributed by atoms with E-state index >= 15 is 0 Å². The van der Waals surface area contributed by atoms with Crippen molar-refractivity contribution in [2.24, 2.45) is 10.9 Å². The lowest BCUT2D eigenvalue weighted by Crippen LogP contribution is -2.37. The van der Waals surface area contributed by atoms with Crippen molar-refractivity contribution < 1.29 is 28.6 Å². The summed E-state index contributed by atoms with van der Waals surface area (Å²) in [6.45, 7) is 5.09. The Bertz CT molecular complexity index is 914. The van der Waals surface area contributed by atoms with Crippen LogP contribution < -0.4 is 9.47 Å². The summed E-state index contributed by atoms with van der Waals surface area (Å²) in [4.78, 5) is 41.6. The number of ketones is 1. The third-order valence-corrected chi connectivity index (χ3v) is 5.18. The second kappa shape index (κ2) is 8.59. The van der Waals surface area contributed by atoms with Gasteiger partial charge in [-0.3, -0.25) is 19.4 Å². The molecule has 0 amide bonds. The molecule has 0 spiro atoms. The molecule has 1 unspecified atom stereocenters. The molecule has 7 heteroatoms. The lowest BCUT2D eigenvalue weighted by molar-refractivity contribution is -0.146. The maximum absolute atomic E-state index is 12.8. The van der Waals surface area contributed by atoms with Gasteiger partial charge in [0.15, 0.2) is 17.3 Å². The van der Waals surface area contributed by atoms with Gasteiger partial charge in [0.05, 0.1) is 13.7 Å². The average Bonchev–Trinajstić information content (AvgIpc) is 2.67. The molecule has 0 saturated heterocycles. The molecule has 1 heterocycles. The number of carbonyl (C=O) groups excluding carboxylic acids is 3. The minimum absolute atomic E-state index is 0.00447. The van der Waals surface area contributed by atoms with E-state index in [4.69, 9.17) is 14.2 Å². The van der Waals surface area contributed by atoms with Gasteiger partial charge in [-0.2, -0.15) is 0 Å². The summed E-state index contributed by atoms with van der Waals surface area (Å²) in [5, 5.41) is 0. The van der Waals surface area contributed by atoms with Crippen LogP contribution in [0.2, 0.25) is 0 Å². The number of rotatable bonds is 5. The lowest BCUT2D eigenvalue weighted by Gasteiger charge is -2.34. The monoisotopic (exact) mass is 399 g/mol. The van der Waals surface area contributed by atoms with E-state index in [1.165, 1.54) is 14.0 Å². The summed E-state index contributed by atoms with van der Waals surface area (Å²) < 4.78 is 15.9. The summed E-state index contributed by atoms with van der Waals surface area (Å²) >= 11 is 0. The number of hydrogen-bond acceptors (Lipinski definition) is 7. The van der Waals surface area contributed by atoms with Crippen LogP contribution in [-0.4, -0.2) is 37.2 Å². The van der Waals surface area contributed by atoms with Crippen molar-refractivity contribution in [2.45, 2.75) is 46.0 Å². The zero-order valence-electron chi connectivity index (χ0n) is 17.1. The molecular formula is C22H25NO6. The second-order valence-electron chi connectivity index (χ2n) is 7.10. The molecule has 0 N–H and O–H groups in total. The van der Waals surface area contributed by atoms with Gasteiger partial charge in [0.25, 0.3) is 0 Å². The SMILES string of the molecule is CCOC(=O)C1C(C)=NC2=C(C(=O)CCC2)[C@H]1c1ccc(OC(C)=O)c(OC)c1. The van der Waals surface area contributed by atoms with Crippen LogP contribution in [0.25, 0.3) is 0 Å². The largest absolute Gasteiger partial charge is 0.493 e. The Labute approximate surface area is 169 Å². The van der Waals surface area contributed by atoms with Gasteiger partial charge in [-0.05, 0) is 44.4 Å². The molecule has 154 valence electrons. The molecule has 2 atom stereocenters. The van der Waals surface area contributed by atoms with Crippen LogP contribution in [-0.2, 0) is 19.1 Å². The molecule has 0 radical (unpaired) electrons. The predicted octanol–water partition coefficient (Wildman–Crippen LogP) is 3.37. The number of ether oxygens (including phenoxy) is 3. The van der Waals surface area contributed by atoms with Crippen LogP contribution in [0.15, 0.2) is 34.5 Å². The molecule has 0 saturated carbocycles. The highest BCUT2D eigenvalue weighted by Gasteiger charge is 2.43. The minimum Gasteiger partial charge on any atom is -0.493 e. The van der Waals surface area contributed by atoms with Crippen LogP contribution in [0.1, 0.15) is 51.5 Å². The van der Waals surface area contributed by atoms with Crippen LogP contribution in [0, 0.1) is 5.92 Å². The Morgan fingerprint density at radius 1 is 1.21 bits per heavy atom. The van der Waals surface area contributed by atoms with Crippen molar-refractivity contribution >= 4 is 23.4 Å². The third-order valence-electron chi connectivity index (χ3n) is 5.18. The van der Waals surface area contributed by atoms with Crippen molar-refractivity contribution in [1.29, 1.82) is 0 Å². The predicted molar refractivity (Wildman–Crippen MR) is 106 cm³/mol. The summed E-state index contributed by atoms with van der Waals surface area (Å²) in [5.41, 5.74) is 2.66. The minimum atomic E-state index is -0.694. The number of methoxy groups -OCH3 is 1. The molecule has 1 aliphatic carbocycles. The highest BCUT2D eigenvalue weighted by atomic mass is 16.6. The molecule has 0 aromatic heterocycles. The quantitative estimate of drug-likeness (QED) is 0.557. The van der Waals surface area contributed by atoms with Crippen molar-refractivity contribution in [3.63, 3.8) is 0 Å². The fourth-order valence-electron chi connectivity index (χ4n) is 4.02. The smallest absolute Gasteiger partial charge is 0.315 e. The first-order chi connectivity index (χ1) is 13.9. The van der Waals surface area contributed by atoms with E-state index in [0.717, 1.165) is 12.1 Å². The number of benzene rings is 1. The zero-order valence-corrected chi connectivity index (χ0v) is 17.1. The number of nitrogens with zero attached hydrogens (tertiary/aromatic N) is 1. The highest BCUT2D eigenvalue weighted by Crippen LogP contribution is 2.45. The normalized spacial score (nSPS) is 21.2. The van der Waals surface area contributed by atoms with Crippen LogP contribution in [0.5, 0.6) is 11.5 Å². The van der Waals surface area contributed by atoms with Crippen molar-refractivity contribution in [2.75, 3.05) is 13.7 Å². The highest BCUT2D eigenvalue weighted by molar-refractivity contribution is 6.08. The Morgan fingerprint density at radius 2 is 1.97 bits per heavy atom. The van der Waals surface area contributed by atoms with Gasteiger partial charge < -0.3 is 14.2 Å². The summed E-state index contributed by atoms with van der Waals surface area (Å²) in [5.74, 6) is -1.45. The van der Waals surface area contributed by atoms with Gasteiger partial charge in [0.1, 0.15) is 5.92 Å². The lowest BCUT2D eigenvalue weighted by atomic mass is 9.71. The summed E-state index contributed by atoms with van der Waals surface area (Å²) in [6, 6.07) is 5.08. The third kappa shape index (κ3) is 4.09. The van der Waals surface area contributed by atoms with Crippen LogP contribution >= 0.6 is 0 Å². The Hall–Kier alpha value is -2.96. The number of hydrogen-bond donors (Lipinski definition) is 0. The maximum Gasteiger partial charge on any atom is 0.315 e. The van der Waals surface area contributed by atoms with E-state index < -0.39 is 23.8 Å². The first-order valence-electron chi connectivity index (χ1n) is 9.71. The molecule has 0 bridgehead atoms. The molecule has 1 aliphatic heterocycles. The maximum atomic E-state index is 12.8.